The highest BCUT2D eigenvalue weighted by Crippen LogP contribution is 2.39. The van der Waals surface area contributed by atoms with E-state index in [1.54, 1.807) is 11.0 Å². The number of aliphatic hydroxyl groups excluding tert-OH is 1. The lowest BCUT2D eigenvalue weighted by Gasteiger charge is -2.28. The molecule has 1 atom stereocenters. The number of ether oxygens (including phenoxy) is 1. The fourth-order valence-corrected chi connectivity index (χ4v) is 4.42. The zero-order valence-corrected chi connectivity index (χ0v) is 21.7. The maximum absolute atomic E-state index is 13.4. The smallest absolute Gasteiger partial charge is 0.290 e. The predicted octanol–water partition coefficient (Wildman–Crippen LogP) is 5.58. The molecule has 1 heterocycles. The summed E-state index contributed by atoms with van der Waals surface area (Å²) in [4.78, 5) is 30.4. The van der Waals surface area contributed by atoms with Crippen molar-refractivity contribution >= 4 is 17.8 Å². The predicted molar refractivity (Wildman–Crippen MR) is 144 cm³/mol. The fraction of sp³-hybridized carbons (Fsp3) is 0.400. The van der Waals surface area contributed by atoms with E-state index in [4.69, 9.17) is 4.74 Å². The van der Waals surface area contributed by atoms with Crippen molar-refractivity contribution in [2.75, 3.05) is 32.8 Å². The van der Waals surface area contributed by atoms with Crippen LogP contribution in [-0.2, 0) is 9.59 Å². The topological polar surface area (TPSA) is 70.1 Å². The molecule has 0 aromatic heterocycles. The molecule has 0 aliphatic carbocycles. The highest BCUT2D eigenvalue weighted by Gasteiger charge is 2.42. The van der Waals surface area contributed by atoms with E-state index in [0.717, 1.165) is 50.0 Å². The summed E-state index contributed by atoms with van der Waals surface area (Å²) in [5.74, 6) is -0.663. The van der Waals surface area contributed by atoms with Crippen LogP contribution in [0.25, 0.3) is 6.08 Å². The minimum absolute atomic E-state index is 0.112. The second kappa shape index (κ2) is 13.6. The van der Waals surface area contributed by atoms with Gasteiger partial charge in [-0.05, 0) is 61.8 Å². The second-order valence-corrected chi connectivity index (χ2v) is 8.93. The number of allylic oxidation sites excluding steroid dienone is 1. The van der Waals surface area contributed by atoms with Gasteiger partial charge in [-0.25, -0.2) is 0 Å². The van der Waals surface area contributed by atoms with E-state index in [0.29, 0.717) is 18.9 Å². The van der Waals surface area contributed by atoms with Gasteiger partial charge in [-0.1, -0.05) is 75.7 Å². The molecular formula is C30H38N2O4. The van der Waals surface area contributed by atoms with E-state index in [2.05, 4.69) is 25.7 Å². The maximum Gasteiger partial charge on any atom is 0.290 e. The van der Waals surface area contributed by atoms with Crippen LogP contribution in [-0.4, -0.2) is 59.4 Å². The first-order valence-corrected chi connectivity index (χ1v) is 13.0. The lowest BCUT2D eigenvalue weighted by Crippen LogP contribution is -2.34. The van der Waals surface area contributed by atoms with Gasteiger partial charge in [0, 0.05) is 6.54 Å². The van der Waals surface area contributed by atoms with Gasteiger partial charge in [-0.15, -0.1) is 0 Å². The molecule has 6 nitrogen and oxygen atoms in total. The van der Waals surface area contributed by atoms with Crippen LogP contribution in [0.2, 0.25) is 0 Å². The number of rotatable bonds is 14. The minimum atomic E-state index is -0.670. The molecule has 1 N–H and O–H groups in total. The summed E-state index contributed by atoms with van der Waals surface area (Å²) >= 11 is 0. The Hall–Kier alpha value is -3.38. The van der Waals surface area contributed by atoms with Gasteiger partial charge in [-0.2, -0.15) is 0 Å². The summed E-state index contributed by atoms with van der Waals surface area (Å²) in [6.07, 6.45) is 5.85. The number of carbonyl (C=O) groups is 2. The number of amides is 1. The van der Waals surface area contributed by atoms with Crippen LogP contribution >= 0.6 is 0 Å². The van der Waals surface area contributed by atoms with Crippen molar-refractivity contribution in [3.63, 3.8) is 0 Å². The molecule has 0 fully saturated rings. The van der Waals surface area contributed by atoms with E-state index in [1.807, 2.05) is 54.6 Å². The Balaban J connectivity index is 1.91. The molecular weight excluding hydrogens is 452 g/mol. The molecule has 1 unspecified atom stereocenters. The first-order valence-electron chi connectivity index (χ1n) is 13.0. The van der Waals surface area contributed by atoms with E-state index < -0.39 is 17.7 Å². The Bertz CT molecular complexity index is 1070. The number of aliphatic hydroxyl groups is 1. The summed E-state index contributed by atoms with van der Waals surface area (Å²) in [7, 11) is 0. The van der Waals surface area contributed by atoms with Crippen molar-refractivity contribution in [3.8, 4) is 5.75 Å². The molecule has 3 rings (SSSR count). The SMILES string of the molecule is CCCCOc1cccc(C2C(C(=O)/C=C/c3ccccc3)=C(O)C(=O)N2CCCN(CC)CC)c1. The standard InChI is InChI=1S/C30H38N2O4/c1-4-7-21-36-25-16-11-15-24(22-25)28-27(26(33)18-17-23-13-9-8-10-14-23)29(34)30(35)32(28)20-12-19-31(5-2)6-3/h8-11,13-18,22,28,34H,4-7,12,19-21H2,1-3H3/b18-17+. The van der Waals surface area contributed by atoms with Gasteiger partial charge in [0.25, 0.3) is 5.91 Å². The lowest BCUT2D eigenvalue weighted by atomic mass is 9.95. The Morgan fingerprint density at radius 1 is 1.06 bits per heavy atom. The normalized spacial score (nSPS) is 15.9. The average molecular weight is 491 g/mol. The van der Waals surface area contributed by atoms with Gasteiger partial charge < -0.3 is 19.6 Å². The number of hydrogen-bond acceptors (Lipinski definition) is 5. The summed E-state index contributed by atoms with van der Waals surface area (Å²) in [5, 5.41) is 10.9. The summed E-state index contributed by atoms with van der Waals surface area (Å²) in [5.41, 5.74) is 1.73. The Labute approximate surface area is 214 Å². The molecule has 2 aromatic carbocycles. The second-order valence-electron chi connectivity index (χ2n) is 8.93. The van der Waals surface area contributed by atoms with Crippen molar-refractivity contribution in [3.05, 3.63) is 83.1 Å². The van der Waals surface area contributed by atoms with Gasteiger partial charge in [0.1, 0.15) is 5.75 Å². The number of benzene rings is 2. The third-order valence-electron chi connectivity index (χ3n) is 6.50. The molecule has 0 radical (unpaired) electrons. The number of hydrogen-bond donors (Lipinski definition) is 1. The van der Waals surface area contributed by atoms with Gasteiger partial charge in [0.2, 0.25) is 0 Å². The van der Waals surface area contributed by atoms with Crippen molar-refractivity contribution in [2.45, 2.75) is 46.1 Å². The largest absolute Gasteiger partial charge is 0.503 e. The number of unbranched alkanes of at least 4 members (excludes halogenated alkanes) is 1. The molecule has 0 saturated carbocycles. The van der Waals surface area contributed by atoms with E-state index in [1.165, 1.54) is 6.08 Å². The summed E-state index contributed by atoms with van der Waals surface area (Å²) in [6, 6.07) is 16.3. The number of ketones is 1. The van der Waals surface area contributed by atoms with Crippen LogP contribution in [0.5, 0.6) is 5.75 Å². The molecule has 0 spiro atoms. The fourth-order valence-electron chi connectivity index (χ4n) is 4.42. The molecule has 0 saturated heterocycles. The van der Waals surface area contributed by atoms with Gasteiger partial charge >= 0.3 is 0 Å². The van der Waals surface area contributed by atoms with Crippen LogP contribution in [0.4, 0.5) is 0 Å². The van der Waals surface area contributed by atoms with Crippen molar-refractivity contribution in [2.24, 2.45) is 0 Å². The monoisotopic (exact) mass is 490 g/mol. The van der Waals surface area contributed by atoms with Crippen molar-refractivity contribution in [1.82, 2.24) is 9.80 Å². The van der Waals surface area contributed by atoms with Crippen LogP contribution in [0, 0.1) is 0 Å². The van der Waals surface area contributed by atoms with Gasteiger partial charge in [0.15, 0.2) is 11.5 Å². The molecule has 0 bridgehead atoms. The van der Waals surface area contributed by atoms with Crippen LogP contribution < -0.4 is 4.74 Å². The molecule has 36 heavy (non-hydrogen) atoms. The van der Waals surface area contributed by atoms with E-state index in [-0.39, 0.29) is 11.4 Å². The first kappa shape index (κ1) is 27.2. The van der Waals surface area contributed by atoms with Crippen LogP contribution in [0.1, 0.15) is 57.2 Å². The third kappa shape index (κ3) is 6.85. The summed E-state index contributed by atoms with van der Waals surface area (Å²) < 4.78 is 5.89. The maximum atomic E-state index is 13.4. The molecule has 1 aliphatic heterocycles. The Kier molecular flexibility index (Phi) is 10.3. The molecule has 192 valence electrons. The highest BCUT2D eigenvalue weighted by atomic mass is 16.5. The number of carbonyl (C=O) groups excluding carboxylic acids is 2. The van der Waals surface area contributed by atoms with Gasteiger partial charge in [0.05, 0.1) is 18.2 Å². The molecule has 2 aromatic rings. The third-order valence-corrected chi connectivity index (χ3v) is 6.50. The Morgan fingerprint density at radius 2 is 1.81 bits per heavy atom. The molecule has 1 aliphatic rings. The first-order chi connectivity index (χ1) is 17.5. The van der Waals surface area contributed by atoms with Crippen molar-refractivity contribution in [1.29, 1.82) is 0 Å². The molecule has 6 heteroatoms. The van der Waals surface area contributed by atoms with Crippen LogP contribution in [0.3, 0.4) is 0 Å². The van der Waals surface area contributed by atoms with Crippen molar-refractivity contribution < 1.29 is 19.4 Å². The lowest BCUT2D eigenvalue weighted by molar-refractivity contribution is -0.129. The zero-order valence-electron chi connectivity index (χ0n) is 21.7. The van der Waals surface area contributed by atoms with E-state index >= 15 is 0 Å². The van der Waals surface area contributed by atoms with Gasteiger partial charge in [-0.3, -0.25) is 9.59 Å². The number of nitrogens with zero attached hydrogens (tertiary/aromatic N) is 2. The average Bonchev–Trinajstić information content (AvgIpc) is 3.16. The van der Waals surface area contributed by atoms with E-state index in [9.17, 15) is 14.7 Å². The minimum Gasteiger partial charge on any atom is -0.503 e. The highest BCUT2D eigenvalue weighted by molar-refractivity contribution is 6.14. The van der Waals surface area contributed by atoms with Crippen LogP contribution in [0.15, 0.2) is 72.0 Å². The quantitative estimate of drug-likeness (QED) is 0.277. The summed E-state index contributed by atoms with van der Waals surface area (Å²) in [6.45, 7) is 10.1. The Morgan fingerprint density at radius 3 is 2.50 bits per heavy atom. The zero-order chi connectivity index (χ0) is 25.9. The molecule has 1 amide bonds.